The smallest absolute Gasteiger partial charge is 0.254 e. The highest BCUT2D eigenvalue weighted by Crippen LogP contribution is 2.19. The van der Waals surface area contributed by atoms with Crippen molar-refractivity contribution < 1.29 is 9.59 Å². The molecule has 1 aliphatic heterocycles. The minimum Gasteiger partial charge on any atom is -0.369 e. The number of hydrogen-bond donors (Lipinski definition) is 1. The van der Waals surface area contributed by atoms with Crippen molar-refractivity contribution in [1.29, 1.82) is 0 Å². The van der Waals surface area contributed by atoms with Gasteiger partial charge in [-0.1, -0.05) is 0 Å². The Morgan fingerprint density at radius 2 is 2.00 bits per heavy atom. The van der Waals surface area contributed by atoms with Crippen LogP contribution in [-0.4, -0.2) is 44.4 Å². The Morgan fingerprint density at radius 1 is 1.29 bits per heavy atom. The highest BCUT2D eigenvalue weighted by atomic mass is 16.2. The lowest BCUT2D eigenvalue weighted by molar-refractivity contribution is -0.123. The van der Waals surface area contributed by atoms with Crippen molar-refractivity contribution in [3.63, 3.8) is 0 Å². The molecule has 0 aromatic carbocycles. The van der Waals surface area contributed by atoms with E-state index >= 15 is 0 Å². The van der Waals surface area contributed by atoms with E-state index in [-0.39, 0.29) is 17.7 Å². The molecule has 3 rings (SSSR count). The van der Waals surface area contributed by atoms with Gasteiger partial charge in [-0.15, -0.1) is 10.2 Å². The number of aromatic nitrogens is 3. The van der Waals surface area contributed by atoms with Crippen LogP contribution in [0.3, 0.4) is 0 Å². The van der Waals surface area contributed by atoms with Gasteiger partial charge in [0, 0.05) is 30.8 Å². The van der Waals surface area contributed by atoms with Crippen LogP contribution in [0, 0.1) is 12.8 Å². The Morgan fingerprint density at radius 3 is 2.67 bits per heavy atom. The maximum Gasteiger partial charge on any atom is 0.254 e. The van der Waals surface area contributed by atoms with Gasteiger partial charge in [0.15, 0.2) is 5.65 Å². The van der Waals surface area contributed by atoms with E-state index in [1.54, 1.807) is 23.2 Å². The van der Waals surface area contributed by atoms with E-state index in [2.05, 4.69) is 10.2 Å². The summed E-state index contributed by atoms with van der Waals surface area (Å²) >= 11 is 0. The first-order valence-corrected chi connectivity index (χ1v) is 6.96. The number of fused-ring (bicyclic) bond motifs is 1. The van der Waals surface area contributed by atoms with Gasteiger partial charge in [0.25, 0.3) is 5.91 Å². The zero-order chi connectivity index (χ0) is 15.0. The van der Waals surface area contributed by atoms with Crippen LogP contribution in [0.1, 0.15) is 29.0 Å². The average molecular weight is 287 g/mol. The SMILES string of the molecule is Cc1nnc2cc(C(=O)N3CCC(C(N)=O)CC3)ccn12. The zero-order valence-corrected chi connectivity index (χ0v) is 11.8. The zero-order valence-electron chi connectivity index (χ0n) is 11.8. The third-order valence-electron chi connectivity index (χ3n) is 4.01. The summed E-state index contributed by atoms with van der Waals surface area (Å²) in [6.45, 7) is 2.97. The van der Waals surface area contributed by atoms with Crippen molar-refractivity contribution in [2.75, 3.05) is 13.1 Å². The van der Waals surface area contributed by atoms with Crippen LogP contribution < -0.4 is 5.73 Å². The average Bonchev–Trinajstić information content (AvgIpc) is 2.87. The Labute approximate surface area is 121 Å². The molecule has 2 aromatic rings. The van der Waals surface area contributed by atoms with Gasteiger partial charge in [0.1, 0.15) is 5.82 Å². The molecule has 0 saturated carbocycles. The fourth-order valence-corrected chi connectivity index (χ4v) is 2.69. The van der Waals surface area contributed by atoms with Crippen molar-refractivity contribution in [2.24, 2.45) is 11.7 Å². The van der Waals surface area contributed by atoms with Crippen LogP contribution in [0.15, 0.2) is 18.3 Å². The van der Waals surface area contributed by atoms with Crippen LogP contribution in [0.2, 0.25) is 0 Å². The van der Waals surface area contributed by atoms with E-state index in [0.29, 0.717) is 37.1 Å². The van der Waals surface area contributed by atoms with Gasteiger partial charge < -0.3 is 10.6 Å². The van der Waals surface area contributed by atoms with Crippen LogP contribution in [0.4, 0.5) is 0 Å². The van der Waals surface area contributed by atoms with Gasteiger partial charge >= 0.3 is 0 Å². The normalized spacial score (nSPS) is 16.3. The van der Waals surface area contributed by atoms with Crippen LogP contribution in [-0.2, 0) is 4.79 Å². The molecule has 2 amide bonds. The molecule has 110 valence electrons. The fraction of sp³-hybridized carbons (Fsp3) is 0.429. The summed E-state index contributed by atoms with van der Waals surface area (Å²) in [7, 11) is 0. The van der Waals surface area contributed by atoms with Gasteiger partial charge in [-0.25, -0.2) is 0 Å². The maximum absolute atomic E-state index is 12.5. The minimum absolute atomic E-state index is 0.0407. The Balaban J connectivity index is 1.76. The summed E-state index contributed by atoms with van der Waals surface area (Å²) in [6, 6.07) is 3.51. The van der Waals surface area contributed by atoms with Crippen molar-refractivity contribution in [3.05, 3.63) is 29.7 Å². The second-order valence-electron chi connectivity index (χ2n) is 5.36. The molecule has 21 heavy (non-hydrogen) atoms. The van der Waals surface area contributed by atoms with Crippen LogP contribution >= 0.6 is 0 Å². The molecule has 1 saturated heterocycles. The first-order chi connectivity index (χ1) is 10.1. The van der Waals surface area contributed by atoms with Gasteiger partial charge in [-0.2, -0.15) is 0 Å². The first kappa shape index (κ1) is 13.5. The number of hydrogen-bond acceptors (Lipinski definition) is 4. The number of rotatable bonds is 2. The summed E-state index contributed by atoms with van der Waals surface area (Å²) in [5, 5.41) is 8.00. The molecule has 2 N–H and O–H groups in total. The molecule has 2 aromatic heterocycles. The lowest BCUT2D eigenvalue weighted by atomic mass is 9.96. The number of nitrogens with zero attached hydrogens (tertiary/aromatic N) is 4. The molecule has 3 heterocycles. The monoisotopic (exact) mass is 287 g/mol. The number of nitrogens with two attached hydrogens (primary N) is 1. The lowest BCUT2D eigenvalue weighted by Crippen LogP contribution is -2.41. The van der Waals surface area contributed by atoms with E-state index in [1.165, 1.54) is 0 Å². The molecule has 0 radical (unpaired) electrons. The van der Waals surface area contributed by atoms with E-state index in [9.17, 15) is 9.59 Å². The van der Waals surface area contributed by atoms with E-state index in [0.717, 1.165) is 5.82 Å². The van der Waals surface area contributed by atoms with Crippen LogP contribution in [0.25, 0.3) is 5.65 Å². The summed E-state index contributed by atoms with van der Waals surface area (Å²) in [5.41, 5.74) is 6.55. The second kappa shape index (κ2) is 5.16. The third-order valence-corrected chi connectivity index (χ3v) is 4.01. The first-order valence-electron chi connectivity index (χ1n) is 6.96. The summed E-state index contributed by atoms with van der Waals surface area (Å²) in [6.07, 6.45) is 3.06. The molecule has 1 aliphatic rings. The molecule has 7 nitrogen and oxygen atoms in total. The molecule has 1 fully saturated rings. The quantitative estimate of drug-likeness (QED) is 0.863. The van der Waals surface area contributed by atoms with E-state index in [1.807, 2.05) is 11.3 Å². The third kappa shape index (κ3) is 2.46. The van der Waals surface area contributed by atoms with Crippen molar-refractivity contribution in [1.82, 2.24) is 19.5 Å². The lowest BCUT2D eigenvalue weighted by Gasteiger charge is -2.30. The minimum atomic E-state index is -0.276. The molecule has 0 spiro atoms. The molecule has 0 atom stereocenters. The summed E-state index contributed by atoms with van der Waals surface area (Å²) in [4.78, 5) is 25.4. The predicted octanol–water partition coefficient (Wildman–Crippen LogP) is 0.375. The number of piperidine rings is 1. The van der Waals surface area contributed by atoms with Gasteiger partial charge in [-0.05, 0) is 31.9 Å². The number of carbonyl (C=O) groups excluding carboxylic acids is 2. The van der Waals surface area contributed by atoms with Crippen molar-refractivity contribution in [2.45, 2.75) is 19.8 Å². The topological polar surface area (TPSA) is 93.6 Å². The fourth-order valence-electron chi connectivity index (χ4n) is 2.69. The number of likely N-dealkylation sites (tertiary alicyclic amines) is 1. The molecular weight excluding hydrogens is 270 g/mol. The Bertz CT molecular complexity index is 700. The summed E-state index contributed by atoms with van der Waals surface area (Å²) in [5.74, 6) is 0.352. The highest BCUT2D eigenvalue weighted by Gasteiger charge is 2.26. The summed E-state index contributed by atoms with van der Waals surface area (Å²) < 4.78 is 1.83. The molecule has 7 heteroatoms. The van der Waals surface area contributed by atoms with E-state index in [4.69, 9.17) is 5.73 Å². The second-order valence-corrected chi connectivity index (χ2v) is 5.36. The molecule has 0 bridgehead atoms. The van der Waals surface area contributed by atoms with E-state index < -0.39 is 0 Å². The van der Waals surface area contributed by atoms with Crippen LogP contribution in [0.5, 0.6) is 0 Å². The molecule has 0 aliphatic carbocycles. The highest BCUT2D eigenvalue weighted by molar-refractivity contribution is 5.95. The van der Waals surface area contributed by atoms with Gasteiger partial charge in [0.2, 0.25) is 5.91 Å². The van der Waals surface area contributed by atoms with Crippen molar-refractivity contribution in [3.8, 4) is 0 Å². The predicted molar refractivity (Wildman–Crippen MR) is 75.5 cm³/mol. The van der Waals surface area contributed by atoms with Gasteiger partial charge in [0.05, 0.1) is 0 Å². The maximum atomic E-state index is 12.5. The molecular formula is C14H17N5O2. The largest absolute Gasteiger partial charge is 0.369 e. The number of primary amides is 1. The number of aryl methyl sites for hydroxylation is 1. The Kier molecular flexibility index (Phi) is 3.32. The number of pyridine rings is 1. The molecule has 0 unspecified atom stereocenters. The number of carbonyl (C=O) groups is 2. The van der Waals surface area contributed by atoms with Crippen molar-refractivity contribution >= 4 is 17.5 Å². The number of amides is 2. The Hall–Kier alpha value is -2.44. The standard InChI is InChI=1S/C14H17N5O2/c1-9-16-17-12-8-11(4-7-19(9)12)14(21)18-5-2-10(3-6-18)13(15)20/h4,7-8,10H,2-3,5-6H2,1H3,(H2,15,20). The van der Waals surface area contributed by atoms with Gasteiger partial charge in [-0.3, -0.25) is 14.0 Å².